The summed E-state index contributed by atoms with van der Waals surface area (Å²) in [4.78, 5) is 0. The van der Waals surface area contributed by atoms with E-state index in [0.29, 0.717) is 6.54 Å². The first kappa shape index (κ1) is 11.4. The Morgan fingerprint density at radius 3 is 3.19 bits per heavy atom. The fourth-order valence-electron chi connectivity index (χ4n) is 1.95. The van der Waals surface area contributed by atoms with Crippen LogP contribution in [0.3, 0.4) is 0 Å². The van der Waals surface area contributed by atoms with Crippen molar-refractivity contribution in [2.24, 2.45) is 0 Å². The van der Waals surface area contributed by atoms with Gasteiger partial charge in [0.15, 0.2) is 0 Å². The standard InChI is InChI=1S/C13H19NO2/c1-10(15)8-14-9-11-4-5-13-12(7-11)3-2-6-16-13/h4-5,7,10,14-15H,2-3,6,8-9H2,1H3. The van der Waals surface area contributed by atoms with E-state index in [-0.39, 0.29) is 6.10 Å². The van der Waals surface area contributed by atoms with Gasteiger partial charge in [-0.05, 0) is 37.0 Å². The minimum Gasteiger partial charge on any atom is -0.493 e. The SMILES string of the molecule is CC(O)CNCc1ccc2c(c1)CCCO2. The molecule has 1 aliphatic heterocycles. The lowest BCUT2D eigenvalue weighted by Crippen LogP contribution is -2.24. The van der Waals surface area contributed by atoms with E-state index in [4.69, 9.17) is 9.84 Å². The van der Waals surface area contributed by atoms with Gasteiger partial charge in [0.05, 0.1) is 12.7 Å². The molecule has 0 aromatic heterocycles. The van der Waals surface area contributed by atoms with Crippen LogP contribution in [0.1, 0.15) is 24.5 Å². The minimum absolute atomic E-state index is 0.291. The van der Waals surface area contributed by atoms with Crippen molar-refractivity contribution in [2.45, 2.75) is 32.4 Å². The molecule has 1 aliphatic rings. The number of aliphatic hydroxyl groups excluding tert-OH is 1. The zero-order valence-corrected chi connectivity index (χ0v) is 9.70. The Morgan fingerprint density at radius 2 is 2.38 bits per heavy atom. The lowest BCUT2D eigenvalue weighted by Gasteiger charge is -2.18. The average molecular weight is 221 g/mol. The van der Waals surface area contributed by atoms with Crippen molar-refractivity contribution in [3.8, 4) is 5.75 Å². The molecule has 1 heterocycles. The van der Waals surface area contributed by atoms with Gasteiger partial charge in [-0.3, -0.25) is 0 Å². The molecule has 3 nitrogen and oxygen atoms in total. The van der Waals surface area contributed by atoms with E-state index < -0.39 is 0 Å². The molecule has 1 unspecified atom stereocenters. The van der Waals surface area contributed by atoms with Gasteiger partial charge in [-0.15, -0.1) is 0 Å². The number of fused-ring (bicyclic) bond motifs is 1. The third-order valence-electron chi connectivity index (χ3n) is 2.74. The highest BCUT2D eigenvalue weighted by molar-refractivity contribution is 5.38. The highest BCUT2D eigenvalue weighted by atomic mass is 16.5. The summed E-state index contributed by atoms with van der Waals surface area (Å²) >= 11 is 0. The molecular formula is C13H19NO2. The van der Waals surface area contributed by atoms with E-state index >= 15 is 0 Å². The number of benzene rings is 1. The molecule has 0 amide bonds. The van der Waals surface area contributed by atoms with Crippen LogP contribution in [0.4, 0.5) is 0 Å². The molecule has 0 fully saturated rings. The molecule has 3 heteroatoms. The molecule has 2 N–H and O–H groups in total. The van der Waals surface area contributed by atoms with E-state index in [2.05, 4.69) is 17.4 Å². The molecule has 0 spiro atoms. The third-order valence-corrected chi connectivity index (χ3v) is 2.74. The smallest absolute Gasteiger partial charge is 0.122 e. The Morgan fingerprint density at radius 1 is 1.50 bits per heavy atom. The zero-order chi connectivity index (χ0) is 11.4. The number of aryl methyl sites for hydroxylation is 1. The normalized spacial score (nSPS) is 16.4. The summed E-state index contributed by atoms with van der Waals surface area (Å²) in [7, 11) is 0. The zero-order valence-electron chi connectivity index (χ0n) is 9.70. The van der Waals surface area contributed by atoms with Gasteiger partial charge in [-0.2, -0.15) is 0 Å². The number of rotatable bonds is 4. The van der Waals surface area contributed by atoms with Crippen molar-refractivity contribution in [3.63, 3.8) is 0 Å². The molecule has 0 radical (unpaired) electrons. The van der Waals surface area contributed by atoms with Gasteiger partial charge in [-0.1, -0.05) is 12.1 Å². The summed E-state index contributed by atoms with van der Waals surface area (Å²) < 4.78 is 5.56. The Hall–Kier alpha value is -1.06. The molecule has 2 rings (SSSR count). The second kappa shape index (κ2) is 5.32. The van der Waals surface area contributed by atoms with Crippen LogP contribution in [-0.4, -0.2) is 24.4 Å². The van der Waals surface area contributed by atoms with Crippen molar-refractivity contribution in [1.29, 1.82) is 0 Å². The Balaban J connectivity index is 1.95. The highest BCUT2D eigenvalue weighted by Crippen LogP contribution is 2.25. The second-order valence-electron chi connectivity index (χ2n) is 4.37. The molecule has 0 aliphatic carbocycles. The van der Waals surface area contributed by atoms with Gasteiger partial charge >= 0.3 is 0 Å². The molecule has 16 heavy (non-hydrogen) atoms. The van der Waals surface area contributed by atoms with Crippen LogP contribution in [0.5, 0.6) is 5.75 Å². The third kappa shape index (κ3) is 2.97. The molecule has 88 valence electrons. The highest BCUT2D eigenvalue weighted by Gasteiger charge is 2.10. The van der Waals surface area contributed by atoms with Crippen molar-refractivity contribution in [3.05, 3.63) is 29.3 Å². The maximum absolute atomic E-state index is 9.14. The summed E-state index contributed by atoms with van der Waals surface area (Å²) in [5, 5.41) is 12.4. The maximum atomic E-state index is 9.14. The summed E-state index contributed by atoms with van der Waals surface area (Å²) in [6.07, 6.45) is 1.93. The van der Waals surface area contributed by atoms with Crippen molar-refractivity contribution in [1.82, 2.24) is 5.32 Å². The Kier molecular flexibility index (Phi) is 3.80. The maximum Gasteiger partial charge on any atom is 0.122 e. The van der Waals surface area contributed by atoms with Crippen LogP contribution in [0.2, 0.25) is 0 Å². The van der Waals surface area contributed by atoms with E-state index in [1.807, 2.05) is 6.07 Å². The predicted octanol–water partition coefficient (Wildman–Crippen LogP) is 1.48. The summed E-state index contributed by atoms with van der Waals surface area (Å²) in [5.74, 6) is 1.03. The van der Waals surface area contributed by atoms with Gasteiger partial charge in [0.1, 0.15) is 5.75 Å². The van der Waals surface area contributed by atoms with E-state index in [1.54, 1.807) is 6.92 Å². The van der Waals surface area contributed by atoms with Crippen molar-refractivity contribution < 1.29 is 9.84 Å². The summed E-state index contributed by atoms with van der Waals surface area (Å²) in [5.41, 5.74) is 2.56. The Labute approximate surface area is 96.4 Å². The van der Waals surface area contributed by atoms with Gasteiger partial charge < -0.3 is 15.2 Å². The monoisotopic (exact) mass is 221 g/mol. The van der Waals surface area contributed by atoms with Crippen LogP contribution < -0.4 is 10.1 Å². The van der Waals surface area contributed by atoms with Crippen LogP contribution in [-0.2, 0) is 13.0 Å². The molecular weight excluding hydrogens is 202 g/mol. The van der Waals surface area contributed by atoms with E-state index in [0.717, 1.165) is 31.7 Å². The van der Waals surface area contributed by atoms with Gasteiger partial charge in [-0.25, -0.2) is 0 Å². The lowest BCUT2D eigenvalue weighted by molar-refractivity contribution is 0.191. The lowest BCUT2D eigenvalue weighted by atomic mass is 10.0. The molecule has 1 aromatic carbocycles. The fraction of sp³-hybridized carbons (Fsp3) is 0.538. The first-order valence-electron chi connectivity index (χ1n) is 5.89. The number of hydrogen-bond acceptors (Lipinski definition) is 3. The Bertz CT molecular complexity index is 350. The molecule has 0 saturated carbocycles. The van der Waals surface area contributed by atoms with Crippen LogP contribution in [0.25, 0.3) is 0 Å². The fourth-order valence-corrected chi connectivity index (χ4v) is 1.95. The number of hydrogen-bond donors (Lipinski definition) is 2. The van der Waals surface area contributed by atoms with Crippen LogP contribution >= 0.6 is 0 Å². The van der Waals surface area contributed by atoms with Crippen molar-refractivity contribution >= 4 is 0 Å². The van der Waals surface area contributed by atoms with Crippen LogP contribution in [0.15, 0.2) is 18.2 Å². The van der Waals surface area contributed by atoms with Gasteiger partial charge in [0.25, 0.3) is 0 Å². The predicted molar refractivity (Wildman–Crippen MR) is 63.6 cm³/mol. The number of aliphatic hydroxyl groups is 1. The minimum atomic E-state index is -0.291. The molecule has 0 bridgehead atoms. The van der Waals surface area contributed by atoms with E-state index in [1.165, 1.54) is 11.1 Å². The summed E-state index contributed by atoms with van der Waals surface area (Å²) in [6, 6.07) is 6.33. The second-order valence-corrected chi connectivity index (χ2v) is 4.37. The molecule has 1 atom stereocenters. The van der Waals surface area contributed by atoms with Crippen molar-refractivity contribution in [2.75, 3.05) is 13.2 Å². The largest absolute Gasteiger partial charge is 0.493 e. The quantitative estimate of drug-likeness (QED) is 0.809. The van der Waals surface area contributed by atoms with Gasteiger partial charge in [0.2, 0.25) is 0 Å². The average Bonchev–Trinajstić information content (AvgIpc) is 2.28. The first-order valence-corrected chi connectivity index (χ1v) is 5.89. The van der Waals surface area contributed by atoms with Gasteiger partial charge in [0, 0.05) is 13.1 Å². The van der Waals surface area contributed by atoms with Crippen LogP contribution in [0, 0.1) is 0 Å². The first-order chi connectivity index (χ1) is 7.75. The topological polar surface area (TPSA) is 41.5 Å². The number of nitrogens with one attached hydrogen (secondary N) is 1. The van der Waals surface area contributed by atoms with E-state index in [9.17, 15) is 0 Å². The molecule has 1 aromatic rings. The number of ether oxygens (including phenoxy) is 1. The summed E-state index contributed by atoms with van der Waals surface area (Å²) in [6.45, 7) is 4.06. The molecule has 0 saturated heterocycles.